The summed E-state index contributed by atoms with van der Waals surface area (Å²) in [6, 6.07) is 0. The Balaban J connectivity index is 3.84. The minimum atomic E-state index is 0.195. The highest BCUT2D eigenvalue weighted by atomic mass is 16.3. The molecule has 14 heavy (non-hydrogen) atoms. The molecule has 0 saturated carbocycles. The normalized spacial score (nSPS) is 13.4. The molecule has 0 radical (unpaired) electrons. The van der Waals surface area contributed by atoms with E-state index in [1.165, 1.54) is 0 Å². The lowest BCUT2D eigenvalue weighted by Crippen LogP contribution is -1.96. The van der Waals surface area contributed by atoms with Gasteiger partial charge in [0.1, 0.15) is 0 Å². The molecule has 0 bridgehead atoms. The van der Waals surface area contributed by atoms with Crippen molar-refractivity contribution in [1.82, 2.24) is 0 Å². The van der Waals surface area contributed by atoms with Crippen LogP contribution in [0.25, 0.3) is 0 Å². The number of aliphatic hydroxyl groups is 2. The Morgan fingerprint density at radius 3 is 1.50 bits per heavy atom. The number of rotatable bonds is 7. The summed E-state index contributed by atoms with van der Waals surface area (Å²) >= 11 is 0. The predicted molar refractivity (Wildman–Crippen MR) is 58.9 cm³/mol. The number of nitrogens with zero attached hydrogens (tertiary/aromatic N) is 2. The van der Waals surface area contributed by atoms with E-state index >= 15 is 0 Å². The van der Waals surface area contributed by atoms with Gasteiger partial charge in [0, 0.05) is 24.6 Å². The molecule has 0 rings (SSSR count). The fourth-order valence-electron chi connectivity index (χ4n) is 0.940. The molecule has 4 nitrogen and oxygen atoms in total. The average molecular weight is 200 g/mol. The Labute approximate surface area is 85.4 Å². The van der Waals surface area contributed by atoms with Crippen molar-refractivity contribution in [2.24, 2.45) is 10.2 Å². The van der Waals surface area contributed by atoms with Crippen LogP contribution in [0, 0.1) is 0 Å². The van der Waals surface area contributed by atoms with Gasteiger partial charge >= 0.3 is 0 Å². The van der Waals surface area contributed by atoms with Crippen molar-refractivity contribution in [3.05, 3.63) is 0 Å². The Bertz CT molecular complexity index is 178. The highest BCUT2D eigenvalue weighted by molar-refractivity contribution is 5.85. The number of aliphatic hydroxyl groups excluding tert-OH is 2. The standard InChI is InChI=1S/C10H20N2O2/c1-9(5-3-7-13)11-12-10(2)6-4-8-14/h13-14H,3-8H2,1-2H3/b11-9+,12-10+. The van der Waals surface area contributed by atoms with Crippen molar-refractivity contribution >= 4 is 11.4 Å². The fourth-order valence-corrected chi connectivity index (χ4v) is 0.940. The van der Waals surface area contributed by atoms with E-state index in [0.717, 1.165) is 37.1 Å². The van der Waals surface area contributed by atoms with Crippen LogP contribution in [0.15, 0.2) is 10.2 Å². The zero-order valence-electron chi connectivity index (χ0n) is 9.03. The van der Waals surface area contributed by atoms with Crippen LogP contribution >= 0.6 is 0 Å². The van der Waals surface area contributed by atoms with E-state index in [2.05, 4.69) is 10.2 Å². The summed E-state index contributed by atoms with van der Waals surface area (Å²) in [7, 11) is 0. The van der Waals surface area contributed by atoms with E-state index < -0.39 is 0 Å². The third kappa shape index (κ3) is 7.89. The maximum Gasteiger partial charge on any atom is 0.0434 e. The van der Waals surface area contributed by atoms with Crippen molar-refractivity contribution in [2.45, 2.75) is 39.5 Å². The molecular weight excluding hydrogens is 180 g/mol. The molecule has 4 heteroatoms. The topological polar surface area (TPSA) is 65.2 Å². The summed E-state index contributed by atoms with van der Waals surface area (Å²) in [6.45, 7) is 4.19. The lowest BCUT2D eigenvalue weighted by Gasteiger charge is -1.97. The summed E-state index contributed by atoms with van der Waals surface area (Å²) in [4.78, 5) is 0. The van der Waals surface area contributed by atoms with Crippen LogP contribution in [-0.4, -0.2) is 34.9 Å². The predicted octanol–water partition coefficient (Wildman–Crippen LogP) is 1.37. The molecule has 0 amide bonds. The summed E-state index contributed by atoms with van der Waals surface area (Å²) in [5.74, 6) is 0. The molecule has 0 spiro atoms. The van der Waals surface area contributed by atoms with Crippen molar-refractivity contribution in [1.29, 1.82) is 0 Å². The Morgan fingerprint density at radius 2 is 1.21 bits per heavy atom. The van der Waals surface area contributed by atoms with Gasteiger partial charge in [-0.25, -0.2) is 0 Å². The molecule has 0 aromatic heterocycles. The number of hydrogen-bond acceptors (Lipinski definition) is 4. The Kier molecular flexibility index (Phi) is 8.37. The second-order valence-electron chi connectivity index (χ2n) is 3.32. The molecule has 0 aromatic carbocycles. The molecule has 0 saturated heterocycles. The molecule has 0 aromatic rings. The molecule has 0 aliphatic rings. The van der Waals surface area contributed by atoms with Crippen LogP contribution in [0.3, 0.4) is 0 Å². The first kappa shape index (κ1) is 13.3. The first-order valence-electron chi connectivity index (χ1n) is 4.99. The van der Waals surface area contributed by atoms with Crippen molar-refractivity contribution in [3.8, 4) is 0 Å². The van der Waals surface area contributed by atoms with Gasteiger partial charge in [0.15, 0.2) is 0 Å². The van der Waals surface area contributed by atoms with E-state index in [1.807, 2.05) is 13.8 Å². The van der Waals surface area contributed by atoms with Gasteiger partial charge in [-0.2, -0.15) is 10.2 Å². The second-order valence-corrected chi connectivity index (χ2v) is 3.32. The highest BCUT2D eigenvalue weighted by Gasteiger charge is 1.92. The van der Waals surface area contributed by atoms with E-state index in [4.69, 9.17) is 10.2 Å². The van der Waals surface area contributed by atoms with Gasteiger partial charge in [-0.3, -0.25) is 0 Å². The number of hydrogen-bond donors (Lipinski definition) is 2. The quantitative estimate of drug-likeness (QED) is 0.481. The Hall–Kier alpha value is -0.740. The van der Waals surface area contributed by atoms with Gasteiger partial charge in [-0.15, -0.1) is 0 Å². The molecule has 0 aliphatic heterocycles. The minimum Gasteiger partial charge on any atom is -0.396 e. The van der Waals surface area contributed by atoms with Crippen LogP contribution in [0.2, 0.25) is 0 Å². The van der Waals surface area contributed by atoms with Crippen molar-refractivity contribution in [3.63, 3.8) is 0 Å². The van der Waals surface area contributed by atoms with E-state index in [9.17, 15) is 0 Å². The monoisotopic (exact) mass is 200 g/mol. The third-order valence-electron chi connectivity index (χ3n) is 1.78. The molecule has 0 aliphatic carbocycles. The molecule has 0 fully saturated rings. The average Bonchev–Trinajstić information content (AvgIpc) is 2.20. The van der Waals surface area contributed by atoms with Crippen LogP contribution in [0.1, 0.15) is 39.5 Å². The summed E-state index contributed by atoms with van der Waals surface area (Å²) in [6.07, 6.45) is 3.04. The maximum absolute atomic E-state index is 8.59. The molecule has 0 atom stereocenters. The molecule has 82 valence electrons. The highest BCUT2D eigenvalue weighted by Crippen LogP contribution is 1.96. The molecular formula is C10H20N2O2. The van der Waals surface area contributed by atoms with E-state index in [1.54, 1.807) is 0 Å². The second kappa shape index (κ2) is 8.84. The van der Waals surface area contributed by atoms with Gasteiger partial charge in [0.25, 0.3) is 0 Å². The van der Waals surface area contributed by atoms with Crippen LogP contribution < -0.4 is 0 Å². The van der Waals surface area contributed by atoms with Gasteiger partial charge in [0.2, 0.25) is 0 Å². The third-order valence-corrected chi connectivity index (χ3v) is 1.78. The van der Waals surface area contributed by atoms with Gasteiger partial charge in [-0.05, 0) is 39.5 Å². The van der Waals surface area contributed by atoms with E-state index in [-0.39, 0.29) is 13.2 Å². The summed E-state index contributed by atoms with van der Waals surface area (Å²) in [5.41, 5.74) is 1.87. The van der Waals surface area contributed by atoms with Crippen LogP contribution in [0.4, 0.5) is 0 Å². The lowest BCUT2D eigenvalue weighted by atomic mass is 10.2. The van der Waals surface area contributed by atoms with Crippen LogP contribution in [-0.2, 0) is 0 Å². The first-order chi connectivity index (χ1) is 6.70. The van der Waals surface area contributed by atoms with Crippen molar-refractivity contribution in [2.75, 3.05) is 13.2 Å². The van der Waals surface area contributed by atoms with Crippen molar-refractivity contribution < 1.29 is 10.2 Å². The largest absolute Gasteiger partial charge is 0.396 e. The smallest absolute Gasteiger partial charge is 0.0434 e. The first-order valence-corrected chi connectivity index (χ1v) is 4.99. The van der Waals surface area contributed by atoms with Gasteiger partial charge in [0.05, 0.1) is 0 Å². The summed E-state index contributed by atoms with van der Waals surface area (Å²) in [5, 5.41) is 25.2. The lowest BCUT2D eigenvalue weighted by molar-refractivity contribution is 0.290. The maximum atomic E-state index is 8.59. The fraction of sp³-hybridized carbons (Fsp3) is 0.800. The van der Waals surface area contributed by atoms with Gasteiger partial charge < -0.3 is 10.2 Å². The molecule has 2 N–H and O–H groups in total. The molecule has 0 heterocycles. The Morgan fingerprint density at radius 1 is 0.857 bits per heavy atom. The van der Waals surface area contributed by atoms with E-state index in [0.29, 0.717) is 0 Å². The minimum absolute atomic E-state index is 0.195. The zero-order valence-corrected chi connectivity index (χ0v) is 9.03. The zero-order chi connectivity index (χ0) is 10.8. The van der Waals surface area contributed by atoms with Gasteiger partial charge in [-0.1, -0.05) is 0 Å². The van der Waals surface area contributed by atoms with Crippen LogP contribution in [0.5, 0.6) is 0 Å². The SMILES string of the molecule is C/C(CCCO)=N\N=C(/C)CCCO. The molecule has 0 unspecified atom stereocenters. The summed E-state index contributed by atoms with van der Waals surface area (Å²) < 4.78 is 0.